The predicted molar refractivity (Wildman–Crippen MR) is 150 cm³/mol. The first kappa shape index (κ1) is 29.6. The number of ether oxygens (including phenoxy) is 1. The van der Waals surface area contributed by atoms with Crippen molar-refractivity contribution in [2.24, 2.45) is 0 Å². The van der Waals surface area contributed by atoms with Crippen molar-refractivity contribution in [3.8, 4) is 11.1 Å². The summed E-state index contributed by atoms with van der Waals surface area (Å²) in [4.78, 5) is 29.5. The molecule has 3 aromatic rings. The Morgan fingerprint density at radius 2 is 1.43 bits per heavy atom. The second-order valence-electron chi connectivity index (χ2n) is 10.8. The molecule has 0 saturated carbocycles. The standard InChI is InChI=1S/C32H33F4N3O3/c33-24-13-11-23(12-14-24)21-29(40)39-19-17-38(18-20-39)16-6-5-15-31(42-30(41)37-22-32(34,35)36)27-9-3-1-7-25(27)26-8-2-4-10-28(26)31/h1-4,7-14H,5-6,15-22H2,(H,37,41). The Morgan fingerprint density at radius 1 is 0.833 bits per heavy atom. The van der Waals surface area contributed by atoms with E-state index in [1.165, 1.54) is 12.1 Å². The van der Waals surface area contributed by atoms with Crippen LogP contribution in [0.1, 0.15) is 36.0 Å². The molecule has 1 N–H and O–H groups in total. The highest BCUT2D eigenvalue weighted by Gasteiger charge is 2.46. The highest BCUT2D eigenvalue weighted by atomic mass is 19.4. The normalized spacial score (nSPS) is 16.0. The average molecular weight is 584 g/mol. The van der Waals surface area contributed by atoms with Gasteiger partial charge in [-0.3, -0.25) is 9.69 Å². The van der Waals surface area contributed by atoms with Crippen LogP contribution in [0.3, 0.4) is 0 Å². The number of alkyl halides is 3. The minimum Gasteiger partial charge on any atom is -0.433 e. The minimum atomic E-state index is -4.55. The lowest BCUT2D eigenvalue weighted by Gasteiger charge is -2.35. The van der Waals surface area contributed by atoms with Gasteiger partial charge in [0.2, 0.25) is 5.91 Å². The van der Waals surface area contributed by atoms with E-state index in [9.17, 15) is 27.2 Å². The summed E-state index contributed by atoms with van der Waals surface area (Å²) in [6.45, 7) is 1.97. The van der Waals surface area contributed by atoms with Crippen LogP contribution in [0.2, 0.25) is 0 Å². The van der Waals surface area contributed by atoms with Gasteiger partial charge in [0, 0.05) is 37.3 Å². The number of fused-ring (bicyclic) bond motifs is 3. The van der Waals surface area contributed by atoms with Crippen LogP contribution in [-0.4, -0.2) is 67.2 Å². The fourth-order valence-electron chi connectivity index (χ4n) is 5.90. The van der Waals surface area contributed by atoms with Crippen molar-refractivity contribution >= 4 is 12.0 Å². The lowest BCUT2D eigenvalue weighted by Crippen LogP contribution is -2.49. The topological polar surface area (TPSA) is 61.9 Å². The SMILES string of the molecule is O=C(NCC(F)(F)F)OC1(CCCCN2CCN(C(=O)Cc3ccc(F)cc3)CC2)c2ccccc2-c2ccccc21. The molecule has 42 heavy (non-hydrogen) atoms. The zero-order chi connectivity index (χ0) is 29.7. The molecule has 0 unspecified atom stereocenters. The van der Waals surface area contributed by atoms with E-state index in [1.807, 2.05) is 58.7 Å². The number of rotatable bonds is 9. The molecule has 1 saturated heterocycles. The molecule has 1 fully saturated rings. The number of amides is 2. The first-order chi connectivity index (χ1) is 20.1. The van der Waals surface area contributed by atoms with Crippen LogP contribution < -0.4 is 5.32 Å². The van der Waals surface area contributed by atoms with E-state index in [1.54, 1.807) is 12.1 Å². The molecule has 222 valence electrons. The van der Waals surface area contributed by atoms with E-state index >= 15 is 0 Å². The zero-order valence-corrected chi connectivity index (χ0v) is 23.1. The van der Waals surface area contributed by atoms with Crippen LogP contribution in [0.25, 0.3) is 11.1 Å². The number of benzene rings is 3. The molecule has 1 heterocycles. The number of carbonyl (C=O) groups is 2. The molecule has 0 radical (unpaired) electrons. The molecule has 2 amide bonds. The smallest absolute Gasteiger partial charge is 0.408 e. The van der Waals surface area contributed by atoms with E-state index in [0.29, 0.717) is 25.9 Å². The molecule has 0 bridgehead atoms. The van der Waals surface area contributed by atoms with E-state index < -0.39 is 24.4 Å². The lowest BCUT2D eigenvalue weighted by molar-refractivity contribution is -0.132. The van der Waals surface area contributed by atoms with Gasteiger partial charge in [-0.2, -0.15) is 13.2 Å². The molecule has 1 aliphatic heterocycles. The molecular weight excluding hydrogens is 550 g/mol. The predicted octanol–water partition coefficient (Wildman–Crippen LogP) is 5.90. The molecule has 0 aromatic heterocycles. The molecule has 0 spiro atoms. The number of halogens is 4. The molecule has 5 rings (SSSR count). The number of unbranched alkanes of at least 4 members (excludes halogenated alkanes) is 1. The van der Waals surface area contributed by atoms with Gasteiger partial charge < -0.3 is 15.0 Å². The van der Waals surface area contributed by atoms with Crippen LogP contribution in [0.15, 0.2) is 72.8 Å². The number of carbonyl (C=O) groups excluding carboxylic acids is 2. The van der Waals surface area contributed by atoms with E-state index in [-0.39, 0.29) is 18.1 Å². The summed E-state index contributed by atoms with van der Waals surface area (Å²) in [5, 5.41) is 1.87. The number of nitrogens with one attached hydrogen (secondary N) is 1. The Morgan fingerprint density at radius 3 is 2.02 bits per heavy atom. The van der Waals surface area contributed by atoms with Gasteiger partial charge in [-0.15, -0.1) is 0 Å². The maximum atomic E-state index is 13.2. The molecule has 1 aliphatic carbocycles. The van der Waals surface area contributed by atoms with E-state index in [4.69, 9.17) is 4.74 Å². The fourth-order valence-corrected chi connectivity index (χ4v) is 5.90. The van der Waals surface area contributed by atoms with Gasteiger partial charge in [-0.1, -0.05) is 60.7 Å². The molecule has 0 atom stereocenters. The highest BCUT2D eigenvalue weighted by Crippen LogP contribution is 2.52. The molecule has 3 aromatic carbocycles. The number of alkyl carbamates (subject to hydrolysis) is 1. The Labute approximate surface area is 242 Å². The number of nitrogens with zero attached hydrogens (tertiary/aromatic N) is 2. The summed E-state index contributed by atoms with van der Waals surface area (Å²) in [7, 11) is 0. The number of hydrogen-bond acceptors (Lipinski definition) is 4. The molecular formula is C32H33F4N3O3. The van der Waals surface area contributed by atoms with Gasteiger partial charge in [0.05, 0.1) is 6.42 Å². The van der Waals surface area contributed by atoms with Gasteiger partial charge in [0.15, 0.2) is 5.60 Å². The van der Waals surface area contributed by atoms with Gasteiger partial charge in [-0.05, 0) is 54.6 Å². The van der Waals surface area contributed by atoms with Gasteiger partial charge in [0.25, 0.3) is 0 Å². The van der Waals surface area contributed by atoms with Gasteiger partial charge >= 0.3 is 12.3 Å². The third kappa shape index (κ3) is 6.75. The maximum absolute atomic E-state index is 13.2. The van der Waals surface area contributed by atoms with Gasteiger partial charge in [0.1, 0.15) is 12.4 Å². The van der Waals surface area contributed by atoms with Crippen LogP contribution in [-0.2, 0) is 21.6 Å². The van der Waals surface area contributed by atoms with Crippen molar-refractivity contribution in [1.82, 2.24) is 15.1 Å². The van der Waals surface area contributed by atoms with Gasteiger partial charge in [-0.25, -0.2) is 9.18 Å². The van der Waals surface area contributed by atoms with E-state index in [2.05, 4.69) is 4.90 Å². The monoisotopic (exact) mass is 583 g/mol. The summed E-state index contributed by atoms with van der Waals surface area (Å²) in [6, 6.07) is 21.0. The minimum absolute atomic E-state index is 0.0164. The van der Waals surface area contributed by atoms with Crippen molar-refractivity contribution in [2.75, 3.05) is 39.3 Å². The zero-order valence-electron chi connectivity index (χ0n) is 23.1. The number of piperazine rings is 1. The molecule has 2 aliphatic rings. The second kappa shape index (κ2) is 12.5. The first-order valence-electron chi connectivity index (χ1n) is 14.1. The molecule has 6 nitrogen and oxygen atoms in total. The Balaban J connectivity index is 1.19. The lowest BCUT2D eigenvalue weighted by atomic mass is 9.86. The maximum Gasteiger partial charge on any atom is 0.408 e. The van der Waals surface area contributed by atoms with Crippen LogP contribution in [0, 0.1) is 5.82 Å². The van der Waals surface area contributed by atoms with Crippen molar-refractivity contribution in [1.29, 1.82) is 0 Å². The van der Waals surface area contributed by atoms with Crippen molar-refractivity contribution < 1.29 is 31.9 Å². The quantitative estimate of drug-likeness (QED) is 0.252. The average Bonchev–Trinajstić information content (AvgIpc) is 3.25. The summed E-state index contributed by atoms with van der Waals surface area (Å²) in [6.07, 6.45) is -3.56. The Bertz CT molecular complexity index is 1360. The summed E-state index contributed by atoms with van der Waals surface area (Å²) >= 11 is 0. The second-order valence-corrected chi connectivity index (χ2v) is 10.8. The first-order valence-corrected chi connectivity index (χ1v) is 14.1. The van der Waals surface area contributed by atoms with Crippen LogP contribution in [0.5, 0.6) is 0 Å². The highest BCUT2D eigenvalue weighted by molar-refractivity contribution is 5.82. The van der Waals surface area contributed by atoms with E-state index in [0.717, 1.165) is 53.9 Å². The van der Waals surface area contributed by atoms with Crippen molar-refractivity contribution in [2.45, 2.75) is 37.5 Å². The summed E-state index contributed by atoms with van der Waals surface area (Å²) < 4.78 is 57.5. The Kier molecular flexibility index (Phi) is 8.82. The Hall–Kier alpha value is -3.92. The van der Waals surface area contributed by atoms with Crippen molar-refractivity contribution in [3.05, 3.63) is 95.3 Å². The third-order valence-electron chi connectivity index (χ3n) is 7.96. The molecule has 10 heteroatoms. The summed E-state index contributed by atoms with van der Waals surface area (Å²) in [5.74, 6) is -0.314. The van der Waals surface area contributed by atoms with Crippen molar-refractivity contribution in [3.63, 3.8) is 0 Å². The number of hydrogen-bond donors (Lipinski definition) is 1. The third-order valence-corrected chi connectivity index (χ3v) is 7.96. The summed E-state index contributed by atoms with van der Waals surface area (Å²) in [5.41, 5.74) is 2.91. The van der Waals surface area contributed by atoms with Crippen LogP contribution in [0.4, 0.5) is 22.4 Å². The fraction of sp³-hybridized carbons (Fsp3) is 0.375. The largest absolute Gasteiger partial charge is 0.433 e. The van der Waals surface area contributed by atoms with Crippen LogP contribution >= 0.6 is 0 Å².